The fourth-order valence-electron chi connectivity index (χ4n) is 1.17. The first kappa shape index (κ1) is 17.0. The summed E-state index contributed by atoms with van der Waals surface area (Å²) in [6, 6.07) is 0. The van der Waals surface area contributed by atoms with Crippen molar-refractivity contribution in [1.29, 1.82) is 0 Å². The second-order valence-corrected chi connectivity index (χ2v) is 3.31. The number of carbonyl (C=O) groups is 1. The normalized spacial score (nSPS) is 16.6. The topological polar surface area (TPSA) is 122 Å². The van der Waals surface area contributed by atoms with Crippen LogP contribution in [0.2, 0.25) is 0 Å². The molecule has 19 heavy (non-hydrogen) atoms. The summed E-state index contributed by atoms with van der Waals surface area (Å²) in [6.07, 6.45) is -4.11. The van der Waals surface area contributed by atoms with E-state index in [0.717, 1.165) is 19.3 Å². The molecule has 4 N–H and O–H groups in total. The van der Waals surface area contributed by atoms with Crippen LogP contribution in [0.5, 0.6) is 0 Å². The minimum absolute atomic E-state index is 0.461. The van der Waals surface area contributed by atoms with E-state index in [1.165, 1.54) is 0 Å². The number of hydrogen-bond donors (Lipinski definition) is 3. The maximum Gasteiger partial charge on any atom is 0.490 e. The number of nitrogens with zero attached hydrogens (tertiary/aromatic N) is 2. The van der Waals surface area contributed by atoms with Crippen LogP contribution >= 0.6 is 0 Å². The van der Waals surface area contributed by atoms with Gasteiger partial charge in [-0.1, -0.05) is 0 Å². The fourth-order valence-corrected chi connectivity index (χ4v) is 1.17. The highest BCUT2D eigenvalue weighted by molar-refractivity contribution is 5.73. The molecule has 0 atom stereocenters. The first-order valence-corrected chi connectivity index (χ1v) is 5.02. The number of hydrogen-bond acceptors (Lipinski definition) is 6. The molecule has 0 saturated carbocycles. The third-order valence-corrected chi connectivity index (χ3v) is 1.90. The van der Waals surface area contributed by atoms with Crippen molar-refractivity contribution in [1.82, 2.24) is 10.2 Å². The lowest BCUT2D eigenvalue weighted by molar-refractivity contribution is -0.404. The zero-order valence-electron chi connectivity index (χ0n) is 9.68. The Labute approximate surface area is 105 Å². The molecular weight excluding hydrogens is 273 g/mol. The summed E-state index contributed by atoms with van der Waals surface area (Å²) in [5.74, 6) is -2.20. The molecular formula is C8H13F3N4O4. The first-order chi connectivity index (χ1) is 8.68. The molecule has 1 heterocycles. The van der Waals surface area contributed by atoms with Crippen molar-refractivity contribution in [3.63, 3.8) is 0 Å². The molecule has 1 saturated heterocycles. The maximum absolute atomic E-state index is 10.6. The number of carboxylic acid groups (broad SMARTS) is 1. The van der Waals surface area contributed by atoms with Crippen LogP contribution in [0.4, 0.5) is 13.2 Å². The molecule has 0 amide bonds. The van der Waals surface area contributed by atoms with Gasteiger partial charge in [0.15, 0.2) is 5.82 Å². The fraction of sp³-hybridized carbons (Fsp3) is 0.625. The van der Waals surface area contributed by atoms with Crippen molar-refractivity contribution < 1.29 is 28.0 Å². The van der Waals surface area contributed by atoms with E-state index in [-0.39, 0.29) is 0 Å². The number of rotatable bonds is 3. The van der Waals surface area contributed by atoms with Gasteiger partial charge in [0.05, 0.1) is 4.92 Å². The van der Waals surface area contributed by atoms with Crippen molar-refractivity contribution in [2.24, 2.45) is 5.73 Å². The van der Waals surface area contributed by atoms with E-state index in [1.54, 1.807) is 0 Å². The highest BCUT2D eigenvalue weighted by atomic mass is 19.4. The third kappa shape index (κ3) is 7.08. The molecule has 1 rings (SSSR count). The molecule has 0 unspecified atom stereocenters. The third-order valence-electron chi connectivity index (χ3n) is 1.90. The van der Waals surface area contributed by atoms with Crippen LogP contribution in [0.25, 0.3) is 0 Å². The molecule has 1 aliphatic heterocycles. The lowest BCUT2D eigenvalue weighted by atomic mass is 10.5. The summed E-state index contributed by atoms with van der Waals surface area (Å²) in [5, 5.41) is 20.2. The van der Waals surface area contributed by atoms with E-state index in [1.807, 2.05) is 4.90 Å². The molecule has 8 nitrogen and oxygen atoms in total. The summed E-state index contributed by atoms with van der Waals surface area (Å²) < 4.78 is 31.7. The predicted molar refractivity (Wildman–Crippen MR) is 57.4 cm³/mol. The Balaban J connectivity index is 0.000000399. The van der Waals surface area contributed by atoms with Gasteiger partial charge in [-0.15, -0.1) is 0 Å². The van der Waals surface area contributed by atoms with E-state index in [2.05, 4.69) is 5.32 Å². The first-order valence-electron chi connectivity index (χ1n) is 5.02. The average molecular weight is 286 g/mol. The van der Waals surface area contributed by atoms with Crippen molar-refractivity contribution in [2.45, 2.75) is 6.18 Å². The van der Waals surface area contributed by atoms with Gasteiger partial charge in [-0.05, 0) is 0 Å². The Kier molecular flexibility index (Phi) is 6.61. The Bertz CT molecular complexity index is 358. The number of halogens is 3. The van der Waals surface area contributed by atoms with Gasteiger partial charge < -0.3 is 21.1 Å². The quantitative estimate of drug-likeness (QED) is 0.475. The van der Waals surface area contributed by atoms with Gasteiger partial charge in [-0.2, -0.15) is 13.2 Å². The number of aliphatic carboxylic acids is 1. The molecule has 1 aliphatic rings. The maximum atomic E-state index is 10.6. The molecule has 0 aliphatic carbocycles. The van der Waals surface area contributed by atoms with E-state index in [4.69, 9.17) is 15.6 Å². The molecule has 11 heteroatoms. The lowest BCUT2D eigenvalue weighted by Crippen LogP contribution is -2.27. The SMILES string of the molecule is NCCN1CCN/C1=C\[N+](=O)[O-].O=C(O)C(F)(F)F. The summed E-state index contributed by atoms with van der Waals surface area (Å²) in [5.41, 5.74) is 5.33. The second-order valence-electron chi connectivity index (χ2n) is 3.31. The van der Waals surface area contributed by atoms with E-state index in [9.17, 15) is 23.3 Å². The molecule has 0 aromatic rings. The summed E-state index contributed by atoms with van der Waals surface area (Å²) in [7, 11) is 0. The number of alkyl halides is 3. The smallest absolute Gasteiger partial charge is 0.475 e. The number of carboxylic acids is 1. The van der Waals surface area contributed by atoms with Gasteiger partial charge in [-0.3, -0.25) is 10.1 Å². The molecule has 110 valence electrons. The van der Waals surface area contributed by atoms with Gasteiger partial charge >= 0.3 is 12.1 Å². The van der Waals surface area contributed by atoms with Gasteiger partial charge in [-0.25, -0.2) is 4.79 Å². The van der Waals surface area contributed by atoms with Crippen LogP contribution in [0.15, 0.2) is 12.0 Å². The van der Waals surface area contributed by atoms with Crippen molar-refractivity contribution in [3.8, 4) is 0 Å². The molecule has 0 aromatic heterocycles. The second kappa shape index (κ2) is 7.41. The minimum atomic E-state index is -5.08. The van der Waals surface area contributed by atoms with Crippen LogP contribution < -0.4 is 11.1 Å². The van der Waals surface area contributed by atoms with Gasteiger partial charge in [0.1, 0.15) is 0 Å². The molecule has 0 bridgehead atoms. The van der Waals surface area contributed by atoms with E-state index >= 15 is 0 Å². The van der Waals surface area contributed by atoms with Crippen molar-refractivity contribution >= 4 is 5.97 Å². The highest BCUT2D eigenvalue weighted by Crippen LogP contribution is 2.13. The largest absolute Gasteiger partial charge is 0.490 e. The van der Waals surface area contributed by atoms with Crippen LogP contribution in [-0.2, 0) is 4.79 Å². The summed E-state index contributed by atoms with van der Waals surface area (Å²) in [6.45, 7) is 2.71. The summed E-state index contributed by atoms with van der Waals surface area (Å²) >= 11 is 0. The predicted octanol–water partition coefficient (Wildman–Crippen LogP) is -0.441. The van der Waals surface area contributed by atoms with Crippen LogP contribution in [0, 0.1) is 10.1 Å². The van der Waals surface area contributed by atoms with Crippen molar-refractivity contribution in [3.05, 3.63) is 22.1 Å². The van der Waals surface area contributed by atoms with Crippen molar-refractivity contribution in [2.75, 3.05) is 26.2 Å². The van der Waals surface area contributed by atoms with Gasteiger partial charge in [0.2, 0.25) is 0 Å². The standard InChI is InChI=1S/C6H12N4O2.C2HF3O2/c7-1-3-9-4-2-8-6(9)5-10(11)12;3-2(4,5)1(6)7/h5,8H,1-4,7H2;(H,6,7)/b6-5+;. The molecule has 1 fully saturated rings. The number of nitrogens with one attached hydrogen (secondary N) is 1. The zero-order valence-corrected chi connectivity index (χ0v) is 9.68. The van der Waals surface area contributed by atoms with Gasteiger partial charge in [0, 0.05) is 26.2 Å². The monoisotopic (exact) mass is 286 g/mol. The Morgan fingerprint density at radius 3 is 2.53 bits per heavy atom. The van der Waals surface area contributed by atoms with Crippen LogP contribution in [-0.4, -0.2) is 53.3 Å². The van der Waals surface area contributed by atoms with Gasteiger partial charge in [0.25, 0.3) is 6.20 Å². The van der Waals surface area contributed by atoms with Crippen LogP contribution in [0.3, 0.4) is 0 Å². The Hall–Kier alpha value is -2.04. The highest BCUT2D eigenvalue weighted by Gasteiger charge is 2.38. The lowest BCUT2D eigenvalue weighted by Gasteiger charge is -2.14. The minimum Gasteiger partial charge on any atom is -0.475 e. The molecule has 0 spiro atoms. The number of nitrogens with two attached hydrogens (primary N) is 1. The van der Waals surface area contributed by atoms with E-state index in [0.29, 0.717) is 18.9 Å². The zero-order chi connectivity index (χ0) is 15.1. The van der Waals surface area contributed by atoms with E-state index < -0.39 is 17.1 Å². The number of nitro groups is 1. The summed E-state index contributed by atoms with van der Waals surface area (Å²) in [4.78, 5) is 20.4. The van der Waals surface area contributed by atoms with Crippen LogP contribution in [0.1, 0.15) is 0 Å². The Morgan fingerprint density at radius 2 is 2.16 bits per heavy atom. The Morgan fingerprint density at radius 1 is 1.63 bits per heavy atom. The molecule has 0 radical (unpaired) electrons. The average Bonchev–Trinajstić information content (AvgIpc) is 2.65. The molecule has 0 aromatic carbocycles.